The third-order valence-electron chi connectivity index (χ3n) is 6.09. The van der Waals surface area contributed by atoms with E-state index in [0.29, 0.717) is 29.3 Å². The van der Waals surface area contributed by atoms with Gasteiger partial charge in [-0.3, -0.25) is 14.2 Å². The predicted molar refractivity (Wildman–Crippen MR) is 134 cm³/mol. The number of nitrogens with zero attached hydrogens (tertiary/aromatic N) is 3. The lowest BCUT2D eigenvalue weighted by molar-refractivity contribution is -0.119. The SMILES string of the molecule is C[C@@H](NC(=O)CSc1nc2ncccc2c(=O)n1C[C@H]1CCCO1)c1ccc2ccccc2c1. The maximum absolute atomic E-state index is 13.2. The number of amides is 1. The van der Waals surface area contributed by atoms with Gasteiger partial charge in [0.05, 0.1) is 29.8 Å². The first-order valence-electron chi connectivity index (χ1n) is 11.5. The van der Waals surface area contributed by atoms with Crippen LogP contribution in [0.25, 0.3) is 21.8 Å². The first-order valence-corrected chi connectivity index (χ1v) is 12.4. The molecular weight excluding hydrogens is 448 g/mol. The summed E-state index contributed by atoms with van der Waals surface area (Å²) in [4.78, 5) is 34.8. The molecule has 174 valence electrons. The topological polar surface area (TPSA) is 86.1 Å². The van der Waals surface area contributed by atoms with E-state index in [4.69, 9.17) is 4.74 Å². The summed E-state index contributed by atoms with van der Waals surface area (Å²) in [5.74, 6) is 0.0264. The Morgan fingerprint density at radius 2 is 2.06 bits per heavy atom. The van der Waals surface area contributed by atoms with Gasteiger partial charge in [0.25, 0.3) is 5.56 Å². The van der Waals surface area contributed by atoms with Gasteiger partial charge in [0, 0.05) is 12.8 Å². The maximum atomic E-state index is 13.2. The van der Waals surface area contributed by atoms with E-state index >= 15 is 0 Å². The van der Waals surface area contributed by atoms with Gasteiger partial charge in [0.15, 0.2) is 10.8 Å². The van der Waals surface area contributed by atoms with Crippen molar-refractivity contribution in [2.75, 3.05) is 12.4 Å². The van der Waals surface area contributed by atoms with Crippen LogP contribution in [-0.4, -0.2) is 38.9 Å². The Balaban J connectivity index is 1.32. The van der Waals surface area contributed by atoms with Gasteiger partial charge < -0.3 is 10.1 Å². The second-order valence-corrected chi connectivity index (χ2v) is 9.45. The van der Waals surface area contributed by atoms with Crippen LogP contribution in [0.5, 0.6) is 0 Å². The zero-order chi connectivity index (χ0) is 23.5. The Kier molecular flexibility index (Phi) is 6.60. The largest absolute Gasteiger partial charge is 0.376 e. The average Bonchev–Trinajstić information content (AvgIpc) is 3.38. The zero-order valence-corrected chi connectivity index (χ0v) is 19.8. The Morgan fingerprint density at radius 3 is 2.88 bits per heavy atom. The number of hydrogen-bond acceptors (Lipinski definition) is 6. The highest BCUT2D eigenvalue weighted by Gasteiger charge is 2.21. The first kappa shape index (κ1) is 22.6. The Morgan fingerprint density at radius 1 is 1.21 bits per heavy atom. The van der Waals surface area contributed by atoms with Crippen molar-refractivity contribution in [3.8, 4) is 0 Å². The Labute approximate surface area is 201 Å². The summed E-state index contributed by atoms with van der Waals surface area (Å²) in [6, 6.07) is 17.7. The standard InChI is InChI=1S/C26H26N4O3S/c1-17(19-11-10-18-6-2-3-7-20(18)14-19)28-23(31)16-34-26-29-24-22(9-4-12-27-24)25(32)30(26)15-21-8-5-13-33-21/h2-4,6-7,9-12,14,17,21H,5,8,13,15-16H2,1H3,(H,28,31)/t17-,21-/m1/s1. The molecule has 1 amide bonds. The molecule has 0 aliphatic carbocycles. The van der Waals surface area contributed by atoms with Gasteiger partial charge in [0.2, 0.25) is 5.91 Å². The smallest absolute Gasteiger partial charge is 0.263 e. The number of aromatic nitrogens is 3. The molecule has 0 radical (unpaired) electrons. The molecule has 0 bridgehead atoms. The molecule has 0 spiro atoms. The summed E-state index contributed by atoms with van der Waals surface area (Å²) in [5, 5.41) is 6.33. The van der Waals surface area contributed by atoms with E-state index in [1.165, 1.54) is 17.1 Å². The summed E-state index contributed by atoms with van der Waals surface area (Å²) in [6.45, 7) is 3.10. The summed E-state index contributed by atoms with van der Waals surface area (Å²) in [6.07, 6.45) is 3.49. The molecule has 8 heteroatoms. The molecule has 7 nitrogen and oxygen atoms in total. The monoisotopic (exact) mass is 474 g/mol. The number of hydrogen-bond donors (Lipinski definition) is 1. The van der Waals surface area contributed by atoms with Gasteiger partial charge in [-0.1, -0.05) is 48.2 Å². The number of carbonyl (C=O) groups excluding carboxylic acids is 1. The second-order valence-electron chi connectivity index (χ2n) is 8.50. The van der Waals surface area contributed by atoms with Crippen molar-refractivity contribution >= 4 is 39.5 Å². The van der Waals surface area contributed by atoms with E-state index in [9.17, 15) is 9.59 Å². The van der Waals surface area contributed by atoms with Crippen LogP contribution in [0, 0.1) is 0 Å². The molecule has 34 heavy (non-hydrogen) atoms. The first-order chi connectivity index (χ1) is 16.6. The molecule has 0 saturated carbocycles. The molecule has 2 atom stereocenters. The molecule has 2 aromatic carbocycles. The van der Waals surface area contributed by atoms with Crippen LogP contribution in [0.2, 0.25) is 0 Å². The highest BCUT2D eigenvalue weighted by Crippen LogP contribution is 2.22. The molecule has 0 unspecified atom stereocenters. The Bertz CT molecular complexity index is 1400. The average molecular weight is 475 g/mol. The molecule has 1 N–H and O–H groups in total. The van der Waals surface area contributed by atoms with Crippen molar-refractivity contribution in [1.82, 2.24) is 19.9 Å². The van der Waals surface area contributed by atoms with E-state index in [-0.39, 0.29) is 29.4 Å². The van der Waals surface area contributed by atoms with Gasteiger partial charge in [-0.2, -0.15) is 0 Å². The fourth-order valence-electron chi connectivity index (χ4n) is 4.27. The Hall–Kier alpha value is -3.23. The number of pyridine rings is 1. The number of nitrogens with one attached hydrogen (secondary N) is 1. The van der Waals surface area contributed by atoms with Crippen LogP contribution >= 0.6 is 11.8 Å². The van der Waals surface area contributed by atoms with Gasteiger partial charge in [-0.15, -0.1) is 0 Å². The van der Waals surface area contributed by atoms with Crippen LogP contribution < -0.4 is 10.9 Å². The molecule has 3 heterocycles. The van der Waals surface area contributed by atoms with Crippen molar-refractivity contribution in [1.29, 1.82) is 0 Å². The third-order valence-corrected chi connectivity index (χ3v) is 7.06. The van der Waals surface area contributed by atoms with Gasteiger partial charge in [0.1, 0.15) is 0 Å². The van der Waals surface area contributed by atoms with Crippen molar-refractivity contribution in [3.05, 3.63) is 76.7 Å². The number of benzene rings is 2. The normalized spacial score (nSPS) is 16.7. The van der Waals surface area contributed by atoms with E-state index in [1.54, 1.807) is 22.9 Å². The minimum absolute atomic E-state index is 0.0188. The zero-order valence-electron chi connectivity index (χ0n) is 18.9. The number of rotatable bonds is 7. The van der Waals surface area contributed by atoms with E-state index in [1.807, 2.05) is 25.1 Å². The molecule has 2 aromatic heterocycles. The third kappa shape index (κ3) is 4.83. The summed E-state index contributed by atoms with van der Waals surface area (Å²) < 4.78 is 7.37. The van der Waals surface area contributed by atoms with Crippen LogP contribution in [0.15, 0.2) is 70.7 Å². The van der Waals surface area contributed by atoms with E-state index < -0.39 is 0 Å². The predicted octanol–water partition coefficient (Wildman–Crippen LogP) is 4.09. The van der Waals surface area contributed by atoms with Crippen molar-refractivity contribution in [2.24, 2.45) is 0 Å². The molecule has 4 aromatic rings. The van der Waals surface area contributed by atoms with Crippen molar-refractivity contribution < 1.29 is 9.53 Å². The number of thioether (sulfide) groups is 1. The van der Waals surface area contributed by atoms with Crippen LogP contribution in [-0.2, 0) is 16.1 Å². The van der Waals surface area contributed by atoms with Crippen LogP contribution in [0.3, 0.4) is 0 Å². The highest BCUT2D eigenvalue weighted by molar-refractivity contribution is 7.99. The van der Waals surface area contributed by atoms with E-state index in [0.717, 1.165) is 23.8 Å². The van der Waals surface area contributed by atoms with Crippen LogP contribution in [0.4, 0.5) is 0 Å². The van der Waals surface area contributed by atoms with Crippen molar-refractivity contribution in [3.63, 3.8) is 0 Å². The molecule has 1 aliphatic rings. The summed E-state index contributed by atoms with van der Waals surface area (Å²) in [5.41, 5.74) is 1.28. The highest BCUT2D eigenvalue weighted by atomic mass is 32.2. The minimum atomic E-state index is -0.152. The van der Waals surface area contributed by atoms with Crippen LogP contribution in [0.1, 0.15) is 31.4 Å². The molecule has 1 aliphatic heterocycles. The molecule has 1 fully saturated rings. The van der Waals surface area contributed by atoms with Gasteiger partial charge in [-0.25, -0.2) is 9.97 Å². The fourth-order valence-corrected chi connectivity index (χ4v) is 5.08. The lowest BCUT2D eigenvalue weighted by Gasteiger charge is -2.17. The van der Waals surface area contributed by atoms with Gasteiger partial charge in [-0.05, 0) is 54.3 Å². The number of carbonyl (C=O) groups is 1. The number of ether oxygens (including phenoxy) is 1. The lowest BCUT2D eigenvalue weighted by atomic mass is 10.0. The lowest BCUT2D eigenvalue weighted by Crippen LogP contribution is -2.31. The minimum Gasteiger partial charge on any atom is -0.376 e. The van der Waals surface area contributed by atoms with Gasteiger partial charge >= 0.3 is 0 Å². The van der Waals surface area contributed by atoms with E-state index in [2.05, 4.69) is 39.6 Å². The molecular formula is C26H26N4O3S. The van der Waals surface area contributed by atoms with Crippen molar-refractivity contribution in [2.45, 2.75) is 43.6 Å². The number of fused-ring (bicyclic) bond motifs is 2. The fraction of sp³-hybridized carbons (Fsp3) is 0.308. The molecule has 1 saturated heterocycles. The molecule has 5 rings (SSSR count). The summed E-state index contributed by atoms with van der Waals surface area (Å²) >= 11 is 1.25. The maximum Gasteiger partial charge on any atom is 0.263 e. The summed E-state index contributed by atoms with van der Waals surface area (Å²) in [7, 11) is 0. The quantitative estimate of drug-likeness (QED) is 0.321. The second kappa shape index (κ2) is 9.95.